The van der Waals surface area contributed by atoms with E-state index in [-0.39, 0.29) is 17.1 Å². The van der Waals surface area contributed by atoms with Crippen LogP contribution in [0.2, 0.25) is 0 Å². The molecule has 0 aliphatic carbocycles. The van der Waals surface area contributed by atoms with Gasteiger partial charge >= 0.3 is 0 Å². The number of halogens is 2. The third kappa shape index (κ3) is 5.05. The molecule has 0 atom stereocenters. The fraction of sp³-hybridized carbons (Fsp3) is 0.174. The summed E-state index contributed by atoms with van der Waals surface area (Å²) in [7, 11) is 0. The molecule has 2 heterocycles. The van der Waals surface area contributed by atoms with Crippen LogP contribution in [-0.2, 0) is 6.42 Å². The van der Waals surface area contributed by atoms with Gasteiger partial charge in [0, 0.05) is 22.5 Å². The number of hydrogen-bond donors (Lipinski definition) is 0. The SMILES string of the molecule is CCOc1ccc(-n2c(Cc3cccs3)nnc2SCC(=O)c2ccc(F)c(F)c2)cc1. The molecule has 32 heavy (non-hydrogen) atoms. The third-order valence-electron chi connectivity index (χ3n) is 4.59. The number of carbonyl (C=O) groups is 1. The van der Waals surface area contributed by atoms with E-state index in [9.17, 15) is 13.6 Å². The minimum Gasteiger partial charge on any atom is -0.494 e. The largest absolute Gasteiger partial charge is 0.494 e. The number of thiophene rings is 1. The molecule has 0 saturated heterocycles. The maximum Gasteiger partial charge on any atom is 0.196 e. The highest BCUT2D eigenvalue weighted by atomic mass is 32.2. The normalized spacial score (nSPS) is 11.0. The van der Waals surface area contributed by atoms with E-state index < -0.39 is 11.6 Å². The Morgan fingerprint density at radius 1 is 1.09 bits per heavy atom. The zero-order valence-corrected chi connectivity index (χ0v) is 18.8. The van der Waals surface area contributed by atoms with Crippen molar-refractivity contribution >= 4 is 28.9 Å². The predicted octanol–water partition coefficient (Wildman–Crippen LogP) is 5.57. The molecule has 0 N–H and O–H groups in total. The topological polar surface area (TPSA) is 57.0 Å². The standard InChI is InChI=1S/C23H19F2N3O2S2/c1-2-30-17-8-6-16(7-9-17)28-22(13-18-4-3-11-31-18)26-27-23(28)32-14-21(29)15-5-10-19(24)20(25)12-15/h3-12H,2,13-14H2,1H3. The summed E-state index contributed by atoms with van der Waals surface area (Å²) < 4.78 is 34.1. The Labute approximate surface area is 192 Å². The van der Waals surface area contributed by atoms with Gasteiger partial charge < -0.3 is 4.74 Å². The first-order valence-electron chi connectivity index (χ1n) is 9.86. The maximum absolute atomic E-state index is 13.5. The van der Waals surface area contributed by atoms with E-state index >= 15 is 0 Å². The Morgan fingerprint density at radius 2 is 1.91 bits per heavy atom. The first kappa shape index (κ1) is 22.2. The molecule has 0 spiro atoms. The highest BCUT2D eigenvalue weighted by Gasteiger charge is 2.18. The lowest BCUT2D eigenvalue weighted by Gasteiger charge is -2.11. The first-order chi connectivity index (χ1) is 15.5. The van der Waals surface area contributed by atoms with Crippen LogP contribution in [0.1, 0.15) is 28.0 Å². The third-order valence-corrected chi connectivity index (χ3v) is 6.40. The molecule has 4 aromatic rings. The lowest BCUT2D eigenvalue weighted by molar-refractivity contribution is 0.102. The van der Waals surface area contributed by atoms with Crippen molar-refractivity contribution in [2.75, 3.05) is 12.4 Å². The second-order valence-electron chi connectivity index (χ2n) is 6.76. The molecule has 4 rings (SSSR count). The van der Waals surface area contributed by atoms with Gasteiger partial charge in [0.05, 0.1) is 12.4 Å². The van der Waals surface area contributed by atoms with E-state index in [1.807, 2.05) is 53.3 Å². The van der Waals surface area contributed by atoms with Gasteiger partial charge in [-0.15, -0.1) is 21.5 Å². The van der Waals surface area contributed by atoms with E-state index in [1.165, 1.54) is 17.8 Å². The van der Waals surface area contributed by atoms with Crippen LogP contribution in [0.5, 0.6) is 5.75 Å². The minimum absolute atomic E-state index is 0.0131. The van der Waals surface area contributed by atoms with Gasteiger partial charge in [-0.25, -0.2) is 8.78 Å². The van der Waals surface area contributed by atoms with Gasteiger partial charge in [-0.2, -0.15) is 0 Å². The maximum atomic E-state index is 13.5. The zero-order valence-electron chi connectivity index (χ0n) is 17.1. The van der Waals surface area contributed by atoms with Gasteiger partial charge in [0.2, 0.25) is 0 Å². The minimum atomic E-state index is -1.04. The number of aromatic nitrogens is 3. The molecule has 0 unspecified atom stereocenters. The van der Waals surface area contributed by atoms with E-state index in [0.717, 1.165) is 34.3 Å². The van der Waals surface area contributed by atoms with Crippen molar-refractivity contribution in [1.82, 2.24) is 14.8 Å². The van der Waals surface area contributed by atoms with Crippen molar-refractivity contribution in [2.45, 2.75) is 18.5 Å². The van der Waals surface area contributed by atoms with Gasteiger partial charge in [0.15, 0.2) is 22.6 Å². The number of Topliss-reactive ketones (excluding diaryl/α,β-unsaturated/α-hetero) is 1. The molecule has 164 valence electrons. The van der Waals surface area contributed by atoms with Crippen molar-refractivity contribution in [1.29, 1.82) is 0 Å². The van der Waals surface area contributed by atoms with Crippen LogP contribution in [-0.4, -0.2) is 32.9 Å². The van der Waals surface area contributed by atoms with Gasteiger partial charge in [-0.1, -0.05) is 17.8 Å². The molecular formula is C23H19F2N3O2S2. The summed E-state index contributed by atoms with van der Waals surface area (Å²) >= 11 is 2.83. The van der Waals surface area contributed by atoms with Gasteiger partial charge in [0.1, 0.15) is 11.6 Å². The Bertz CT molecular complexity index is 1210. The van der Waals surface area contributed by atoms with Crippen LogP contribution in [0.4, 0.5) is 8.78 Å². The number of nitrogens with zero attached hydrogens (tertiary/aromatic N) is 3. The molecule has 0 aliphatic heterocycles. The molecular weight excluding hydrogens is 452 g/mol. The summed E-state index contributed by atoms with van der Waals surface area (Å²) in [6.07, 6.45) is 0.593. The number of ether oxygens (including phenoxy) is 1. The number of benzene rings is 2. The van der Waals surface area contributed by atoms with Crippen molar-refractivity contribution in [3.8, 4) is 11.4 Å². The molecule has 0 amide bonds. The van der Waals surface area contributed by atoms with Crippen molar-refractivity contribution in [3.05, 3.63) is 87.9 Å². The van der Waals surface area contributed by atoms with Gasteiger partial charge in [-0.05, 0) is 60.8 Å². The molecule has 2 aromatic heterocycles. The van der Waals surface area contributed by atoms with Crippen molar-refractivity contribution < 1.29 is 18.3 Å². The molecule has 0 saturated carbocycles. The van der Waals surface area contributed by atoms with E-state index in [0.29, 0.717) is 18.2 Å². The van der Waals surface area contributed by atoms with E-state index in [1.54, 1.807) is 11.3 Å². The smallest absolute Gasteiger partial charge is 0.196 e. The number of carbonyl (C=O) groups excluding carboxylic acids is 1. The lowest BCUT2D eigenvalue weighted by Crippen LogP contribution is -2.07. The Balaban J connectivity index is 1.60. The molecule has 2 aromatic carbocycles. The zero-order chi connectivity index (χ0) is 22.5. The van der Waals surface area contributed by atoms with Gasteiger partial charge in [0.25, 0.3) is 0 Å². The summed E-state index contributed by atoms with van der Waals surface area (Å²) in [5, 5.41) is 11.2. The Kier molecular flexibility index (Phi) is 6.96. The van der Waals surface area contributed by atoms with Crippen LogP contribution in [0.15, 0.2) is 65.1 Å². The monoisotopic (exact) mass is 471 g/mol. The summed E-state index contributed by atoms with van der Waals surface area (Å²) in [5.41, 5.74) is 0.954. The average molecular weight is 472 g/mol. The number of hydrogen-bond acceptors (Lipinski definition) is 6. The molecule has 0 fully saturated rings. The van der Waals surface area contributed by atoms with Crippen molar-refractivity contribution in [3.63, 3.8) is 0 Å². The van der Waals surface area contributed by atoms with Crippen LogP contribution in [0.3, 0.4) is 0 Å². The Hall–Kier alpha value is -3.04. The average Bonchev–Trinajstić information content (AvgIpc) is 3.45. The first-order valence-corrected chi connectivity index (χ1v) is 11.7. The van der Waals surface area contributed by atoms with Gasteiger partial charge in [-0.3, -0.25) is 9.36 Å². The molecule has 5 nitrogen and oxygen atoms in total. The predicted molar refractivity (Wildman–Crippen MR) is 121 cm³/mol. The molecule has 9 heteroatoms. The van der Waals surface area contributed by atoms with Crippen LogP contribution < -0.4 is 4.74 Å². The summed E-state index contributed by atoms with van der Waals surface area (Å²) in [6.45, 7) is 2.49. The number of thioether (sulfide) groups is 1. The van der Waals surface area contributed by atoms with Crippen molar-refractivity contribution in [2.24, 2.45) is 0 Å². The molecule has 0 bridgehead atoms. The number of rotatable bonds is 9. The second kappa shape index (κ2) is 10.1. The fourth-order valence-corrected chi connectivity index (χ4v) is 4.64. The fourth-order valence-electron chi connectivity index (χ4n) is 3.08. The highest BCUT2D eigenvalue weighted by molar-refractivity contribution is 7.99. The Morgan fingerprint density at radius 3 is 2.59 bits per heavy atom. The van der Waals surface area contributed by atoms with E-state index in [2.05, 4.69) is 10.2 Å². The van der Waals surface area contributed by atoms with Crippen LogP contribution in [0, 0.1) is 11.6 Å². The van der Waals surface area contributed by atoms with E-state index in [4.69, 9.17) is 4.74 Å². The lowest BCUT2D eigenvalue weighted by atomic mass is 10.1. The molecule has 0 radical (unpaired) electrons. The molecule has 0 aliphatic rings. The summed E-state index contributed by atoms with van der Waals surface area (Å²) in [5.74, 6) is -0.848. The second-order valence-corrected chi connectivity index (χ2v) is 8.73. The quantitative estimate of drug-likeness (QED) is 0.236. The number of ketones is 1. The summed E-state index contributed by atoms with van der Waals surface area (Å²) in [6, 6.07) is 14.7. The van der Waals surface area contributed by atoms with Crippen LogP contribution >= 0.6 is 23.1 Å². The highest BCUT2D eigenvalue weighted by Crippen LogP contribution is 2.26. The summed E-state index contributed by atoms with van der Waals surface area (Å²) in [4.78, 5) is 13.7. The van der Waals surface area contributed by atoms with Crippen LogP contribution in [0.25, 0.3) is 5.69 Å².